The molecule has 4 atom stereocenters. The molecule has 4 aromatic rings. The van der Waals surface area contributed by atoms with Crippen LogP contribution in [0.5, 0.6) is 0 Å². The third kappa shape index (κ3) is 5.14. The van der Waals surface area contributed by atoms with Crippen LogP contribution in [0.2, 0.25) is 5.02 Å². The topological polar surface area (TPSA) is 80.9 Å². The van der Waals surface area contributed by atoms with Crippen LogP contribution in [0.1, 0.15) is 71.9 Å². The number of fused-ring (bicyclic) bond motifs is 3. The van der Waals surface area contributed by atoms with Gasteiger partial charge in [0.1, 0.15) is 22.1 Å². The van der Waals surface area contributed by atoms with E-state index in [4.69, 9.17) is 30.6 Å². The molecule has 4 aliphatic rings. The number of nitrogens with zero attached hydrogens (tertiary/aromatic N) is 3. The molecular formula is C34H38ClN3O4S. The van der Waals surface area contributed by atoms with Crippen molar-refractivity contribution in [1.82, 2.24) is 15.0 Å². The molecule has 8 rings (SSSR count). The number of benzene rings is 2. The lowest BCUT2D eigenvalue weighted by Crippen LogP contribution is -2.44. The third-order valence-electron chi connectivity index (χ3n) is 10.2. The zero-order valence-corrected chi connectivity index (χ0v) is 26.1. The van der Waals surface area contributed by atoms with Crippen LogP contribution in [-0.2, 0) is 28.2 Å². The fourth-order valence-electron chi connectivity index (χ4n) is 7.70. The van der Waals surface area contributed by atoms with Gasteiger partial charge >= 0.3 is 0 Å². The van der Waals surface area contributed by atoms with Crippen LogP contribution in [-0.4, -0.2) is 52.6 Å². The monoisotopic (exact) mass is 619 g/mol. The lowest BCUT2D eigenvalue weighted by atomic mass is 9.73. The summed E-state index contributed by atoms with van der Waals surface area (Å²) in [7, 11) is 0. The third-order valence-corrected chi connectivity index (χ3v) is 11.7. The fraction of sp³-hybridized carbons (Fsp3) is 0.529. The highest BCUT2D eigenvalue weighted by Crippen LogP contribution is 2.57. The molecule has 4 fully saturated rings. The van der Waals surface area contributed by atoms with Crippen LogP contribution in [0.3, 0.4) is 0 Å². The molecule has 2 aromatic heterocycles. The van der Waals surface area contributed by atoms with Gasteiger partial charge in [-0.3, -0.25) is 4.90 Å². The van der Waals surface area contributed by atoms with Crippen molar-refractivity contribution in [3.63, 3.8) is 0 Å². The Morgan fingerprint density at radius 3 is 2.63 bits per heavy atom. The molecule has 0 spiro atoms. The molecule has 7 nitrogen and oxygen atoms in total. The molecule has 3 saturated carbocycles. The summed E-state index contributed by atoms with van der Waals surface area (Å²) in [5.74, 6) is 1.65. The zero-order chi connectivity index (χ0) is 29.1. The molecule has 1 aliphatic heterocycles. The van der Waals surface area contributed by atoms with E-state index in [2.05, 4.69) is 41.2 Å². The number of aryl methyl sites for hydroxylation is 1. The van der Waals surface area contributed by atoms with E-state index in [0.29, 0.717) is 17.5 Å². The molecule has 0 radical (unpaired) electrons. The lowest BCUT2D eigenvalue weighted by molar-refractivity contribution is -0.116. The maximum atomic E-state index is 12.3. The van der Waals surface area contributed by atoms with Crippen molar-refractivity contribution in [3.05, 3.63) is 68.9 Å². The van der Waals surface area contributed by atoms with Gasteiger partial charge in [0.15, 0.2) is 0 Å². The number of thiazole rings is 1. The van der Waals surface area contributed by atoms with Crippen molar-refractivity contribution in [1.29, 1.82) is 0 Å². The second kappa shape index (κ2) is 11.2. The second-order valence-corrected chi connectivity index (χ2v) is 14.4. The van der Waals surface area contributed by atoms with Gasteiger partial charge in [0.05, 0.1) is 41.2 Å². The number of aromatic nitrogens is 2. The number of morpholine rings is 1. The fourth-order valence-corrected chi connectivity index (χ4v) is 9.29. The Balaban J connectivity index is 0.996. The summed E-state index contributed by atoms with van der Waals surface area (Å²) in [5, 5.41) is 18.3. The van der Waals surface area contributed by atoms with Crippen LogP contribution in [0.15, 0.2) is 40.9 Å². The average Bonchev–Trinajstić information content (AvgIpc) is 3.59. The van der Waals surface area contributed by atoms with E-state index < -0.39 is 5.60 Å². The van der Waals surface area contributed by atoms with E-state index >= 15 is 0 Å². The predicted molar refractivity (Wildman–Crippen MR) is 167 cm³/mol. The number of ether oxygens (including phenoxy) is 2. The van der Waals surface area contributed by atoms with Crippen molar-refractivity contribution in [2.75, 3.05) is 26.3 Å². The van der Waals surface area contributed by atoms with Gasteiger partial charge in [0, 0.05) is 36.7 Å². The van der Waals surface area contributed by atoms with Gasteiger partial charge in [0.25, 0.3) is 0 Å². The van der Waals surface area contributed by atoms with Crippen LogP contribution in [0.4, 0.5) is 0 Å². The Morgan fingerprint density at radius 1 is 1.09 bits per heavy atom. The molecule has 9 heteroatoms. The van der Waals surface area contributed by atoms with Gasteiger partial charge in [-0.25, -0.2) is 4.98 Å². The van der Waals surface area contributed by atoms with Crippen molar-refractivity contribution >= 4 is 33.2 Å². The van der Waals surface area contributed by atoms with Gasteiger partial charge in [-0.2, -0.15) is 0 Å². The molecule has 0 unspecified atom stereocenters. The highest BCUT2D eigenvalue weighted by Gasteiger charge is 2.56. The van der Waals surface area contributed by atoms with Crippen LogP contribution in [0.25, 0.3) is 21.5 Å². The summed E-state index contributed by atoms with van der Waals surface area (Å²) < 4.78 is 19.2. The summed E-state index contributed by atoms with van der Waals surface area (Å²) in [5.41, 5.74) is 5.24. The Labute approximate surface area is 261 Å². The Bertz CT molecular complexity index is 1610. The molecule has 2 bridgehead atoms. The van der Waals surface area contributed by atoms with Crippen molar-refractivity contribution in [2.45, 2.75) is 76.2 Å². The Kier molecular flexibility index (Phi) is 7.36. The number of hydrogen-bond acceptors (Lipinski definition) is 8. The van der Waals surface area contributed by atoms with Crippen LogP contribution < -0.4 is 0 Å². The lowest BCUT2D eigenvalue weighted by Gasteiger charge is -2.41. The molecule has 43 heavy (non-hydrogen) atoms. The molecule has 0 amide bonds. The van der Waals surface area contributed by atoms with Gasteiger partial charge in [-0.05, 0) is 86.6 Å². The Morgan fingerprint density at radius 2 is 1.88 bits per heavy atom. The first kappa shape index (κ1) is 28.2. The van der Waals surface area contributed by atoms with Crippen LogP contribution >= 0.6 is 22.9 Å². The smallest absolute Gasteiger partial charge is 0.145 e. The van der Waals surface area contributed by atoms with Gasteiger partial charge < -0.3 is 19.1 Å². The van der Waals surface area contributed by atoms with Gasteiger partial charge in [-0.15, -0.1) is 11.3 Å². The van der Waals surface area contributed by atoms with E-state index in [9.17, 15) is 5.11 Å². The largest absolute Gasteiger partial charge is 0.382 e. The quantitative estimate of drug-likeness (QED) is 0.223. The van der Waals surface area contributed by atoms with E-state index in [-0.39, 0.29) is 17.9 Å². The van der Waals surface area contributed by atoms with Crippen molar-refractivity contribution in [2.24, 2.45) is 11.8 Å². The number of hydrogen-bond donors (Lipinski definition) is 1. The molecule has 3 heterocycles. The van der Waals surface area contributed by atoms with E-state index in [1.54, 1.807) is 11.3 Å². The summed E-state index contributed by atoms with van der Waals surface area (Å²) in [6.45, 7) is 6.98. The van der Waals surface area contributed by atoms with Gasteiger partial charge in [-0.1, -0.05) is 35.0 Å². The highest BCUT2D eigenvalue weighted by atomic mass is 35.5. The first-order valence-corrected chi connectivity index (χ1v) is 16.9. The molecule has 2 aromatic carbocycles. The minimum absolute atomic E-state index is 0.0782. The van der Waals surface area contributed by atoms with Gasteiger partial charge in [0.2, 0.25) is 0 Å². The summed E-state index contributed by atoms with van der Waals surface area (Å²) in [6, 6.07) is 12.5. The number of aliphatic hydroxyl groups is 1. The maximum Gasteiger partial charge on any atom is 0.145 e. The van der Waals surface area contributed by atoms with Crippen molar-refractivity contribution < 1.29 is 19.1 Å². The van der Waals surface area contributed by atoms with E-state index in [1.807, 2.05) is 12.1 Å². The molecule has 226 valence electrons. The van der Waals surface area contributed by atoms with Crippen LogP contribution in [0, 0.1) is 18.8 Å². The predicted octanol–water partition coefficient (Wildman–Crippen LogP) is 7.22. The maximum absolute atomic E-state index is 12.3. The molecule has 3 aliphatic carbocycles. The summed E-state index contributed by atoms with van der Waals surface area (Å²) in [6.07, 6.45) is 6.00. The standard InChI is InChI=1S/C34H38ClN3O4S/c1-20-3-2-4-27(35)30(20)31-26(32(42-37-31)22-6-7-22)19-41-25-16-23-8-9-24(17-25)34(23,39)33-36-28-10-5-21(15-29(28)43-33)18-38-11-13-40-14-12-38/h2-5,10,15,22-25,39H,6-9,11-14,16-19H2,1H3/t23-,24+,25-,34+. The summed E-state index contributed by atoms with van der Waals surface area (Å²) >= 11 is 8.32. The average molecular weight is 620 g/mol. The van der Waals surface area contributed by atoms with Crippen molar-refractivity contribution in [3.8, 4) is 11.3 Å². The van der Waals surface area contributed by atoms with E-state index in [0.717, 1.165) is 115 Å². The number of halogens is 1. The molecule has 1 saturated heterocycles. The molecule has 1 N–H and O–H groups in total. The first-order valence-electron chi connectivity index (χ1n) is 15.7. The highest BCUT2D eigenvalue weighted by molar-refractivity contribution is 7.18. The molecular weight excluding hydrogens is 582 g/mol. The normalized spacial score (nSPS) is 27.7. The summed E-state index contributed by atoms with van der Waals surface area (Å²) in [4.78, 5) is 7.45. The zero-order valence-electron chi connectivity index (χ0n) is 24.6. The minimum atomic E-state index is -0.885. The first-order chi connectivity index (χ1) is 21.0. The number of rotatable bonds is 8. The van der Waals surface area contributed by atoms with E-state index in [1.165, 1.54) is 5.56 Å². The second-order valence-electron chi connectivity index (χ2n) is 13.0. The minimum Gasteiger partial charge on any atom is -0.382 e. The SMILES string of the molecule is Cc1cccc(Cl)c1-c1noc(C2CC2)c1CO[C@@H]1C[C@H]2CC[C@@H](C1)[C@]2(O)c1nc2ccc(CN3CCOCC3)cc2s1. The Hall–Kier alpha value is -2.33.